The zero-order valence-electron chi connectivity index (χ0n) is 14.9. The van der Waals surface area contributed by atoms with Gasteiger partial charge in [-0.25, -0.2) is 4.68 Å². The maximum Gasteiger partial charge on any atom is 0.258 e. The number of hydrogen-bond donors (Lipinski definition) is 0. The van der Waals surface area contributed by atoms with Gasteiger partial charge in [0.2, 0.25) is 0 Å². The van der Waals surface area contributed by atoms with E-state index in [0.717, 1.165) is 17.7 Å². The fourth-order valence-corrected chi connectivity index (χ4v) is 4.07. The van der Waals surface area contributed by atoms with E-state index in [1.54, 1.807) is 22.2 Å². The summed E-state index contributed by atoms with van der Waals surface area (Å²) >= 11 is 1.59. The molecule has 1 atom stereocenters. The summed E-state index contributed by atoms with van der Waals surface area (Å²) in [5.74, 6) is 1.31. The molecule has 7 nitrogen and oxygen atoms in total. The lowest BCUT2D eigenvalue weighted by atomic mass is 10.1. The Morgan fingerprint density at radius 1 is 1.25 bits per heavy atom. The van der Waals surface area contributed by atoms with Crippen molar-refractivity contribution in [3.05, 3.63) is 70.9 Å². The molecule has 1 aromatic carbocycles. The Kier molecular flexibility index (Phi) is 4.25. The minimum absolute atomic E-state index is 0.0121. The summed E-state index contributed by atoms with van der Waals surface area (Å²) < 4.78 is 7.14. The first-order chi connectivity index (χ1) is 13.8. The van der Waals surface area contributed by atoms with Gasteiger partial charge in [-0.15, -0.1) is 0 Å². The van der Waals surface area contributed by atoms with Crippen LogP contribution in [0.2, 0.25) is 0 Å². The van der Waals surface area contributed by atoms with Crippen molar-refractivity contribution in [2.24, 2.45) is 0 Å². The zero-order valence-corrected chi connectivity index (χ0v) is 15.7. The van der Waals surface area contributed by atoms with E-state index in [1.165, 1.54) is 0 Å². The van der Waals surface area contributed by atoms with Gasteiger partial charge in [0.25, 0.3) is 11.8 Å². The average Bonchev–Trinajstić information content (AvgIpc) is 3.52. The first kappa shape index (κ1) is 16.9. The summed E-state index contributed by atoms with van der Waals surface area (Å²) in [7, 11) is 0. The van der Waals surface area contributed by atoms with Crippen molar-refractivity contribution in [3.63, 3.8) is 0 Å². The van der Waals surface area contributed by atoms with Gasteiger partial charge in [-0.05, 0) is 42.1 Å². The van der Waals surface area contributed by atoms with Crippen molar-refractivity contribution in [2.45, 2.75) is 12.3 Å². The summed E-state index contributed by atoms with van der Waals surface area (Å²) in [4.78, 5) is 19.4. The van der Waals surface area contributed by atoms with E-state index in [1.807, 2.05) is 58.3 Å². The molecule has 1 fully saturated rings. The monoisotopic (exact) mass is 391 g/mol. The maximum atomic E-state index is 13.0. The van der Waals surface area contributed by atoms with Crippen LogP contribution in [0.3, 0.4) is 0 Å². The highest BCUT2D eigenvalue weighted by molar-refractivity contribution is 7.08. The molecule has 3 aromatic heterocycles. The Labute approximate surface area is 165 Å². The van der Waals surface area contributed by atoms with Crippen LogP contribution in [0.1, 0.15) is 28.5 Å². The summed E-state index contributed by atoms with van der Waals surface area (Å²) in [5.41, 5.74) is 2.45. The van der Waals surface area contributed by atoms with Gasteiger partial charge in [-0.1, -0.05) is 11.2 Å². The van der Waals surface area contributed by atoms with Gasteiger partial charge in [0, 0.05) is 42.3 Å². The molecule has 1 aliphatic rings. The van der Waals surface area contributed by atoms with Crippen molar-refractivity contribution < 1.29 is 9.32 Å². The molecule has 1 saturated heterocycles. The van der Waals surface area contributed by atoms with E-state index in [9.17, 15) is 4.79 Å². The minimum Gasteiger partial charge on any atom is -0.338 e. The lowest BCUT2D eigenvalue weighted by Crippen LogP contribution is -2.28. The van der Waals surface area contributed by atoms with Crippen LogP contribution in [0.5, 0.6) is 0 Å². The SMILES string of the molecule is O=C(c1cccc(-n2cccn2)c1)N1CC[C@H](c2noc(-c3ccsc3)n2)C1. The number of hydrogen-bond acceptors (Lipinski definition) is 6. The van der Waals surface area contributed by atoms with Crippen LogP contribution in [0.25, 0.3) is 17.1 Å². The molecule has 0 unspecified atom stereocenters. The molecule has 4 aromatic rings. The third-order valence-electron chi connectivity index (χ3n) is 4.91. The molecule has 1 amide bonds. The van der Waals surface area contributed by atoms with Gasteiger partial charge < -0.3 is 9.42 Å². The largest absolute Gasteiger partial charge is 0.338 e. The van der Waals surface area contributed by atoms with E-state index in [4.69, 9.17) is 4.52 Å². The molecule has 0 saturated carbocycles. The second kappa shape index (κ2) is 7.05. The number of amides is 1. The van der Waals surface area contributed by atoms with Crippen molar-refractivity contribution >= 4 is 17.2 Å². The number of carbonyl (C=O) groups excluding carboxylic acids is 1. The molecule has 0 bridgehead atoms. The number of aromatic nitrogens is 4. The highest BCUT2D eigenvalue weighted by atomic mass is 32.1. The lowest BCUT2D eigenvalue weighted by molar-refractivity contribution is 0.0790. The standard InChI is InChI=1S/C20H17N5O2S/c26-20(14-3-1-4-17(11-14)25-8-2-7-21-25)24-9-5-15(12-24)18-22-19(27-23-18)16-6-10-28-13-16/h1-4,6-8,10-11,13,15H,5,9,12H2/t15-/m0/s1. The Bertz CT molecular complexity index is 1090. The smallest absolute Gasteiger partial charge is 0.258 e. The fourth-order valence-electron chi connectivity index (χ4n) is 3.45. The van der Waals surface area contributed by atoms with Crippen molar-refractivity contribution in [1.82, 2.24) is 24.8 Å². The van der Waals surface area contributed by atoms with Gasteiger partial charge in [0.15, 0.2) is 5.82 Å². The first-order valence-electron chi connectivity index (χ1n) is 9.03. The molecule has 0 N–H and O–H groups in total. The first-order valence-corrected chi connectivity index (χ1v) is 9.98. The predicted octanol–water partition coefficient (Wildman–Crippen LogP) is 3.61. The van der Waals surface area contributed by atoms with Crippen molar-refractivity contribution in [2.75, 3.05) is 13.1 Å². The average molecular weight is 391 g/mol. The molecule has 5 rings (SSSR count). The van der Waals surface area contributed by atoms with Crippen LogP contribution in [0.15, 0.2) is 64.1 Å². The highest BCUT2D eigenvalue weighted by Crippen LogP contribution is 2.29. The van der Waals surface area contributed by atoms with E-state index < -0.39 is 0 Å². The fraction of sp³-hybridized carbons (Fsp3) is 0.200. The summed E-state index contributed by atoms with van der Waals surface area (Å²) in [5, 5.41) is 12.3. The molecule has 0 aliphatic carbocycles. The molecule has 0 spiro atoms. The van der Waals surface area contributed by atoms with E-state index in [-0.39, 0.29) is 11.8 Å². The van der Waals surface area contributed by atoms with Crippen molar-refractivity contribution in [3.8, 4) is 17.1 Å². The summed E-state index contributed by atoms with van der Waals surface area (Å²) in [6.45, 7) is 1.27. The molecule has 0 radical (unpaired) electrons. The second-order valence-corrected chi connectivity index (χ2v) is 7.49. The van der Waals surface area contributed by atoms with Crippen LogP contribution in [-0.2, 0) is 0 Å². The number of thiophene rings is 1. The highest BCUT2D eigenvalue weighted by Gasteiger charge is 2.31. The Balaban J connectivity index is 1.31. The third kappa shape index (κ3) is 3.11. The Morgan fingerprint density at radius 2 is 2.21 bits per heavy atom. The molecule has 140 valence electrons. The number of likely N-dealkylation sites (tertiary alicyclic amines) is 1. The van der Waals surface area contributed by atoms with Gasteiger partial charge in [0.1, 0.15) is 0 Å². The molecule has 28 heavy (non-hydrogen) atoms. The summed E-state index contributed by atoms with van der Waals surface area (Å²) in [6.07, 6.45) is 4.40. The van der Waals surface area contributed by atoms with Crippen LogP contribution in [0, 0.1) is 0 Å². The van der Waals surface area contributed by atoms with E-state index >= 15 is 0 Å². The lowest BCUT2D eigenvalue weighted by Gasteiger charge is -2.16. The van der Waals surface area contributed by atoms with Gasteiger partial charge in [-0.3, -0.25) is 4.79 Å². The van der Waals surface area contributed by atoms with Gasteiger partial charge in [0.05, 0.1) is 11.3 Å². The number of nitrogens with zero attached hydrogens (tertiary/aromatic N) is 5. The quantitative estimate of drug-likeness (QED) is 0.531. The maximum absolute atomic E-state index is 13.0. The molecule has 4 heterocycles. The van der Waals surface area contributed by atoms with Crippen LogP contribution in [0.4, 0.5) is 0 Å². The Hall–Kier alpha value is -3.26. The predicted molar refractivity (Wildman–Crippen MR) is 104 cm³/mol. The number of carbonyl (C=O) groups is 1. The summed E-state index contributed by atoms with van der Waals surface area (Å²) in [6, 6.07) is 11.3. The van der Waals surface area contributed by atoms with E-state index in [2.05, 4.69) is 15.2 Å². The van der Waals surface area contributed by atoms with Crippen molar-refractivity contribution in [1.29, 1.82) is 0 Å². The van der Waals surface area contributed by atoms with Crippen LogP contribution >= 0.6 is 11.3 Å². The second-order valence-electron chi connectivity index (χ2n) is 6.71. The Morgan fingerprint density at radius 3 is 3.04 bits per heavy atom. The molecular formula is C20H17N5O2S. The normalized spacial score (nSPS) is 16.6. The van der Waals surface area contributed by atoms with Gasteiger partial charge >= 0.3 is 0 Å². The number of rotatable bonds is 4. The number of benzene rings is 1. The van der Waals surface area contributed by atoms with Crippen LogP contribution in [-0.4, -0.2) is 43.8 Å². The topological polar surface area (TPSA) is 77.0 Å². The van der Waals surface area contributed by atoms with E-state index in [0.29, 0.717) is 30.4 Å². The molecule has 8 heteroatoms. The third-order valence-corrected chi connectivity index (χ3v) is 5.60. The van der Waals surface area contributed by atoms with Crippen LogP contribution < -0.4 is 0 Å². The van der Waals surface area contributed by atoms with Gasteiger partial charge in [-0.2, -0.15) is 21.4 Å². The zero-order chi connectivity index (χ0) is 18.9. The molecule has 1 aliphatic heterocycles. The minimum atomic E-state index is 0.0121. The molecular weight excluding hydrogens is 374 g/mol.